The first-order valence-corrected chi connectivity index (χ1v) is 5.44. The number of hydrazine groups is 1. The molecule has 1 rings (SSSR count). The molecule has 0 fully saturated rings. The van der Waals surface area contributed by atoms with Gasteiger partial charge in [-0.15, -0.1) is 0 Å². The molecular weight excluding hydrogens is 291 g/mol. The Bertz CT molecular complexity index is 390. The van der Waals surface area contributed by atoms with Gasteiger partial charge in [-0.25, -0.2) is 0 Å². The average molecular weight is 304 g/mol. The Balaban J connectivity index is 3.43. The van der Waals surface area contributed by atoms with Gasteiger partial charge in [-0.05, 0) is 46.2 Å². The van der Waals surface area contributed by atoms with Gasteiger partial charge in [0.1, 0.15) is 5.69 Å². The van der Waals surface area contributed by atoms with E-state index in [4.69, 9.17) is 5.84 Å². The fourth-order valence-electron chi connectivity index (χ4n) is 1.14. The monoisotopic (exact) mass is 304 g/mol. The van der Waals surface area contributed by atoms with Crippen molar-refractivity contribution in [1.29, 1.82) is 0 Å². The fraction of sp³-hybridized carbons (Fsp3) is 0.300. The molecule has 1 aromatic rings. The van der Waals surface area contributed by atoms with E-state index in [1.807, 2.05) is 12.1 Å². The number of halogens is 1. The Morgan fingerprint density at radius 3 is 2.57 bits per heavy atom. The van der Waals surface area contributed by atoms with Gasteiger partial charge in [0.2, 0.25) is 5.43 Å². The first-order chi connectivity index (χ1) is 6.56. The van der Waals surface area contributed by atoms with Gasteiger partial charge in [-0.1, -0.05) is 19.9 Å². The summed E-state index contributed by atoms with van der Waals surface area (Å²) in [7, 11) is 0. The Kier molecular flexibility index (Phi) is 3.88. The van der Waals surface area contributed by atoms with E-state index in [0.717, 1.165) is 9.13 Å². The SMILES string of the molecule is CC(C)c1ccc(I)c(NN)c(=O)c1. The second-order valence-electron chi connectivity index (χ2n) is 3.36. The Morgan fingerprint density at radius 1 is 1.43 bits per heavy atom. The molecule has 0 spiro atoms. The highest BCUT2D eigenvalue weighted by Gasteiger charge is 2.04. The van der Waals surface area contributed by atoms with Crippen LogP contribution in [-0.2, 0) is 0 Å². The Morgan fingerprint density at radius 2 is 2.07 bits per heavy atom. The number of anilines is 1. The molecule has 76 valence electrons. The van der Waals surface area contributed by atoms with E-state index in [0.29, 0.717) is 11.6 Å². The third-order valence-electron chi connectivity index (χ3n) is 2.02. The number of hydrogen-bond donors (Lipinski definition) is 2. The molecular formula is C10H13IN2O. The molecule has 0 amide bonds. The summed E-state index contributed by atoms with van der Waals surface area (Å²) in [6.45, 7) is 4.11. The third kappa shape index (κ3) is 2.45. The molecule has 1 aromatic carbocycles. The highest BCUT2D eigenvalue weighted by molar-refractivity contribution is 14.1. The lowest BCUT2D eigenvalue weighted by molar-refractivity contribution is 0.867. The lowest BCUT2D eigenvalue weighted by Gasteiger charge is -1.99. The maximum Gasteiger partial charge on any atom is 0.204 e. The number of nitrogens with one attached hydrogen (secondary N) is 1. The van der Waals surface area contributed by atoms with E-state index in [-0.39, 0.29) is 5.43 Å². The van der Waals surface area contributed by atoms with Crippen molar-refractivity contribution in [3.05, 3.63) is 37.6 Å². The van der Waals surface area contributed by atoms with Gasteiger partial charge >= 0.3 is 0 Å². The first kappa shape index (κ1) is 11.5. The van der Waals surface area contributed by atoms with Crippen LogP contribution in [0.1, 0.15) is 25.3 Å². The van der Waals surface area contributed by atoms with Crippen LogP contribution in [0.2, 0.25) is 0 Å². The molecule has 0 aliphatic rings. The molecule has 14 heavy (non-hydrogen) atoms. The smallest absolute Gasteiger partial charge is 0.204 e. The molecule has 0 atom stereocenters. The van der Waals surface area contributed by atoms with Gasteiger partial charge in [0.05, 0.1) is 0 Å². The van der Waals surface area contributed by atoms with Crippen LogP contribution in [0.15, 0.2) is 23.0 Å². The second-order valence-corrected chi connectivity index (χ2v) is 4.53. The largest absolute Gasteiger partial charge is 0.320 e. The molecule has 3 nitrogen and oxygen atoms in total. The second kappa shape index (κ2) is 4.75. The van der Waals surface area contributed by atoms with Gasteiger partial charge in [-0.3, -0.25) is 10.6 Å². The minimum Gasteiger partial charge on any atom is -0.320 e. The lowest BCUT2D eigenvalue weighted by atomic mass is 10.1. The predicted octanol–water partition coefficient (Wildman–Crippen LogP) is 2.06. The highest BCUT2D eigenvalue weighted by atomic mass is 127. The van der Waals surface area contributed by atoms with Crippen LogP contribution < -0.4 is 16.7 Å². The summed E-state index contributed by atoms with van der Waals surface area (Å²) in [5, 5.41) is 0. The van der Waals surface area contributed by atoms with Crippen LogP contribution in [-0.4, -0.2) is 0 Å². The van der Waals surface area contributed by atoms with Crippen LogP contribution in [0, 0.1) is 3.57 Å². The molecule has 0 bridgehead atoms. The average Bonchev–Trinajstić information content (AvgIpc) is 2.25. The van der Waals surface area contributed by atoms with Gasteiger partial charge in [-0.2, -0.15) is 0 Å². The fourth-order valence-corrected chi connectivity index (χ4v) is 1.74. The quantitative estimate of drug-likeness (QED) is 0.499. The van der Waals surface area contributed by atoms with Gasteiger partial charge in [0.15, 0.2) is 0 Å². The van der Waals surface area contributed by atoms with Gasteiger partial charge in [0, 0.05) is 3.57 Å². The molecule has 0 saturated carbocycles. The van der Waals surface area contributed by atoms with Crippen molar-refractivity contribution >= 4 is 28.3 Å². The zero-order chi connectivity index (χ0) is 10.7. The zero-order valence-corrected chi connectivity index (χ0v) is 10.3. The minimum atomic E-state index is -0.0643. The normalized spacial score (nSPS) is 10.4. The molecule has 0 aliphatic carbocycles. The summed E-state index contributed by atoms with van der Waals surface area (Å²) in [6.07, 6.45) is 0. The third-order valence-corrected chi connectivity index (χ3v) is 2.92. The number of rotatable bonds is 2. The van der Waals surface area contributed by atoms with Crippen molar-refractivity contribution < 1.29 is 0 Å². The molecule has 0 unspecified atom stereocenters. The van der Waals surface area contributed by atoms with Crippen molar-refractivity contribution in [2.45, 2.75) is 19.8 Å². The Hall–Kier alpha value is -0.620. The Labute approximate surface area is 96.8 Å². The van der Waals surface area contributed by atoms with Crippen molar-refractivity contribution in [3.8, 4) is 0 Å². The maximum atomic E-state index is 11.6. The number of nitrogens with two attached hydrogens (primary N) is 1. The van der Waals surface area contributed by atoms with Gasteiger partial charge in [0.25, 0.3) is 0 Å². The summed E-state index contributed by atoms with van der Waals surface area (Å²) in [5.41, 5.74) is 3.84. The van der Waals surface area contributed by atoms with Crippen LogP contribution in [0.4, 0.5) is 5.69 Å². The molecule has 0 aliphatic heterocycles. The number of hydrogen-bond acceptors (Lipinski definition) is 3. The lowest BCUT2D eigenvalue weighted by Crippen LogP contribution is -2.16. The summed E-state index contributed by atoms with van der Waals surface area (Å²) in [6, 6.07) is 5.48. The summed E-state index contributed by atoms with van der Waals surface area (Å²) < 4.78 is 0.835. The predicted molar refractivity (Wildman–Crippen MR) is 67.3 cm³/mol. The molecule has 0 radical (unpaired) electrons. The van der Waals surface area contributed by atoms with E-state index < -0.39 is 0 Å². The molecule has 0 aromatic heterocycles. The highest BCUT2D eigenvalue weighted by Crippen LogP contribution is 2.16. The van der Waals surface area contributed by atoms with Gasteiger partial charge < -0.3 is 5.43 Å². The summed E-state index contributed by atoms with van der Waals surface area (Å²) in [4.78, 5) is 11.6. The number of nitrogen functional groups attached to an aromatic ring is 1. The first-order valence-electron chi connectivity index (χ1n) is 4.36. The molecule has 0 heterocycles. The van der Waals surface area contributed by atoms with E-state index in [1.54, 1.807) is 6.07 Å². The molecule has 3 N–H and O–H groups in total. The van der Waals surface area contributed by atoms with Crippen molar-refractivity contribution in [3.63, 3.8) is 0 Å². The maximum absolute atomic E-state index is 11.6. The minimum absolute atomic E-state index is 0.0643. The standard InChI is InChI=1S/C10H13IN2O/c1-6(2)7-3-4-8(11)10(13-12)9(14)5-7/h3-6H,12H2,1-2H3,(H,13,14). The van der Waals surface area contributed by atoms with Crippen LogP contribution in [0.3, 0.4) is 0 Å². The van der Waals surface area contributed by atoms with E-state index in [9.17, 15) is 4.79 Å². The van der Waals surface area contributed by atoms with E-state index >= 15 is 0 Å². The summed E-state index contributed by atoms with van der Waals surface area (Å²) in [5.74, 6) is 5.62. The summed E-state index contributed by atoms with van der Waals surface area (Å²) >= 11 is 2.09. The van der Waals surface area contributed by atoms with Crippen molar-refractivity contribution in [2.24, 2.45) is 5.84 Å². The topological polar surface area (TPSA) is 55.1 Å². The van der Waals surface area contributed by atoms with Crippen LogP contribution in [0.5, 0.6) is 0 Å². The van der Waals surface area contributed by atoms with Crippen molar-refractivity contribution in [2.75, 3.05) is 5.43 Å². The molecule has 0 saturated heterocycles. The van der Waals surface area contributed by atoms with E-state index in [1.165, 1.54) is 0 Å². The van der Waals surface area contributed by atoms with Crippen molar-refractivity contribution in [1.82, 2.24) is 0 Å². The molecule has 4 heteroatoms. The zero-order valence-electron chi connectivity index (χ0n) is 8.17. The van der Waals surface area contributed by atoms with E-state index in [2.05, 4.69) is 41.9 Å². The van der Waals surface area contributed by atoms with Crippen LogP contribution in [0.25, 0.3) is 0 Å². The van der Waals surface area contributed by atoms with Crippen LogP contribution >= 0.6 is 22.6 Å².